The molecule has 0 saturated carbocycles. The van der Waals surface area contributed by atoms with E-state index >= 15 is 0 Å². The number of aromatic nitrogens is 3. The number of ether oxygens (including phenoxy) is 1. The molecule has 1 unspecified atom stereocenters. The van der Waals surface area contributed by atoms with Crippen LogP contribution in [0.25, 0.3) is 0 Å². The number of hydrogen-bond acceptors (Lipinski definition) is 5. The molecule has 1 aromatic rings. The smallest absolute Gasteiger partial charge is 0.407 e. The first-order valence-corrected chi connectivity index (χ1v) is 10.1. The summed E-state index contributed by atoms with van der Waals surface area (Å²) in [6.45, 7) is 14.7. The third-order valence-electron chi connectivity index (χ3n) is 4.11. The van der Waals surface area contributed by atoms with Crippen molar-refractivity contribution in [2.24, 2.45) is 12.0 Å². The summed E-state index contributed by atoms with van der Waals surface area (Å²) in [6.07, 6.45) is 4.33. The fourth-order valence-electron chi connectivity index (χ4n) is 2.45. The minimum Gasteiger partial charge on any atom is -0.444 e. The lowest BCUT2D eigenvalue weighted by atomic mass is 10.1. The van der Waals surface area contributed by atoms with Gasteiger partial charge in [-0.3, -0.25) is 0 Å². The predicted molar refractivity (Wildman–Crippen MR) is 131 cm³/mol. The van der Waals surface area contributed by atoms with Gasteiger partial charge in [0.25, 0.3) is 0 Å². The highest BCUT2D eigenvalue weighted by Gasteiger charge is 2.18. The average molecular weight is 535 g/mol. The van der Waals surface area contributed by atoms with E-state index in [2.05, 4.69) is 44.6 Å². The number of nitrogens with zero attached hydrogens (tertiary/aromatic N) is 4. The summed E-state index contributed by atoms with van der Waals surface area (Å²) in [7, 11) is 1.92. The molecule has 0 fully saturated rings. The number of halogens is 1. The Bertz CT molecular complexity index is 683. The number of nitrogens with one attached hydrogen (secondary N) is 3. The Morgan fingerprint density at radius 3 is 2.57 bits per heavy atom. The zero-order chi connectivity index (χ0) is 21.9. The SMILES string of the molecule is C=CCNC(=NCc1nnc(C)n1C)NC(CCCC)CNC(=O)OC(C)(C)C.I. The van der Waals surface area contributed by atoms with Gasteiger partial charge in [0.2, 0.25) is 0 Å². The van der Waals surface area contributed by atoms with Crippen molar-refractivity contribution in [3.63, 3.8) is 0 Å². The number of unbranched alkanes of at least 4 members (excludes halogenated alkanes) is 1. The molecule has 0 spiro atoms. The molecule has 0 aromatic carbocycles. The third-order valence-corrected chi connectivity index (χ3v) is 4.11. The molecule has 0 bridgehead atoms. The molecule has 0 aliphatic rings. The van der Waals surface area contributed by atoms with Gasteiger partial charge in [0, 0.05) is 26.2 Å². The van der Waals surface area contributed by atoms with Gasteiger partial charge in [-0.05, 0) is 34.1 Å². The maximum absolute atomic E-state index is 12.0. The van der Waals surface area contributed by atoms with Gasteiger partial charge in [0.15, 0.2) is 11.8 Å². The van der Waals surface area contributed by atoms with E-state index in [0.717, 1.165) is 30.9 Å². The molecule has 1 aromatic heterocycles. The second-order valence-corrected chi connectivity index (χ2v) is 7.92. The molecule has 10 heteroatoms. The van der Waals surface area contributed by atoms with Gasteiger partial charge in [-0.25, -0.2) is 9.79 Å². The summed E-state index contributed by atoms with van der Waals surface area (Å²) in [5, 5.41) is 17.7. The van der Waals surface area contributed by atoms with Gasteiger partial charge in [-0.2, -0.15) is 0 Å². The zero-order valence-electron chi connectivity index (χ0n) is 19.1. The van der Waals surface area contributed by atoms with E-state index in [1.165, 1.54) is 0 Å². The molecule has 1 heterocycles. The van der Waals surface area contributed by atoms with E-state index in [-0.39, 0.29) is 30.0 Å². The van der Waals surface area contributed by atoms with Crippen LogP contribution in [-0.2, 0) is 18.3 Å². The highest BCUT2D eigenvalue weighted by atomic mass is 127. The van der Waals surface area contributed by atoms with Gasteiger partial charge in [0.1, 0.15) is 18.0 Å². The number of rotatable bonds is 10. The summed E-state index contributed by atoms with van der Waals surface area (Å²) in [5.41, 5.74) is -0.525. The fourth-order valence-corrected chi connectivity index (χ4v) is 2.45. The van der Waals surface area contributed by atoms with Crippen LogP contribution in [0.4, 0.5) is 4.79 Å². The maximum atomic E-state index is 12.0. The molecular formula is C20H38IN7O2. The molecule has 172 valence electrons. The van der Waals surface area contributed by atoms with Crippen LogP contribution in [-0.4, -0.2) is 51.5 Å². The first-order valence-electron chi connectivity index (χ1n) is 10.1. The number of aliphatic imine (C=N–C) groups is 1. The lowest BCUT2D eigenvalue weighted by Crippen LogP contribution is -2.49. The van der Waals surface area contributed by atoms with Gasteiger partial charge in [0.05, 0.1) is 0 Å². The van der Waals surface area contributed by atoms with Crippen LogP contribution in [0.5, 0.6) is 0 Å². The standard InChI is InChI=1S/C20H37N7O2.HI/c1-8-10-11-16(13-23-19(28)29-20(4,5)6)24-18(21-12-9-2)22-14-17-26-25-15(3)27(17)7;/h9,16H,2,8,10-14H2,1,3-7H3,(H,23,28)(H2,21,22,24);1H. The molecule has 0 radical (unpaired) electrons. The summed E-state index contributed by atoms with van der Waals surface area (Å²) >= 11 is 0. The first-order chi connectivity index (χ1) is 13.7. The predicted octanol–water partition coefficient (Wildman–Crippen LogP) is 3.05. The monoisotopic (exact) mass is 535 g/mol. The third kappa shape index (κ3) is 11.4. The number of amides is 1. The number of carbonyl (C=O) groups excluding carboxylic acids is 1. The number of carbonyl (C=O) groups is 1. The first kappa shape index (κ1) is 28.1. The fraction of sp³-hybridized carbons (Fsp3) is 0.700. The Morgan fingerprint density at radius 2 is 2.03 bits per heavy atom. The molecule has 1 rings (SSSR count). The van der Waals surface area contributed by atoms with Gasteiger partial charge >= 0.3 is 6.09 Å². The average Bonchev–Trinajstić information content (AvgIpc) is 2.96. The molecule has 0 saturated heterocycles. The number of alkyl carbamates (subject to hydrolysis) is 1. The Hall–Kier alpha value is -1.85. The van der Waals surface area contributed by atoms with Crippen molar-refractivity contribution in [2.45, 2.75) is 72.1 Å². The quantitative estimate of drug-likeness (QED) is 0.184. The lowest BCUT2D eigenvalue weighted by molar-refractivity contribution is 0.0523. The van der Waals surface area contributed by atoms with Crippen LogP contribution in [0.2, 0.25) is 0 Å². The number of guanidine groups is 1. The second-order valence-electron chi connectivity index (χ2n) is 7.92. The largest absolute Gasteiger partial charge is 0.444 e. The van der Waals surface area contributed by atoms with E-state index in [4.69, 9.17) is 4.74 Å². The van der Waals surface area contributed by atoms with Crippen molar-refractivity contribution in [3.05, 3.63) is 24.3 Å². The van der Waals surface area contributed by atoms with Crippen molar-refractivity contribution in [2.75, 3.05) is 13.1 Å². The lowest BCUT2D eigenvalue weighted by Gasteiger charge is -2.24. The van der Waals surface area contributed by atoms with Crippen LogP contribution in [0.1, 0.15) is 58.6 Å². The molecule has 30 heavy (non-hydrogen) atoms. The molecular weight excluding hydrogens is 497 g/mol. The van der Waals surface area contributed by atoms with E-state index in [0.29, 0.717) is 25.6 Å². The Labute approximate surface area is 197 Å². The van der Waals surface area contributed by atoms with E-state index < -0.39 is 11.7 Å². The molecule has 3 N–H and O–H groups in total. The Kier molecular flexibility index (Phi) is 13.3. The van der Waals surface area contributed by atoms with Gasteiger partial charge in [-0.1, -0.05) is 25.8 Å². The van der Waals surface area contributed by atoms with Gasteiger partial charge < -0.3 is 25.3 Å². The summed E-state index contributed by atoms with van der Waals surface area (Å²) in [5.74, 6) is 2.25. The van der Waals surface area contributed by atoms with Crippen LogP contribution in [0, 0.1) is 6.92 Å². The molecule has 9 nitrogen and oxygen atoms in total. The van der Waals surface area contributed by atoms with Crippen LogP contribution in [0.15, 0.2) is 17.6 Å². The van der Waals surface area contributed by atoms with Gasteiger partial charge in [-0.15, -0.1) is 40.8 Å². The second kappa shape index (κ2) is 14.2. The summed E-state index contributed by atoms with van der Waals surface area (Å²) < 4.78 is 7.24. The zero-order valence-corrected chi connectivity index (χ0v) is 21.4. The van der Waals surface area contributed by atoms with Crippen molar-refractivity contribution >= 4 is 36.0 Å². The maximum Gasteiger partial charge on any atom is 0.407 e. The van der Waals surface area contributed by atoms with Crippen LogP contribution < -0.4 is 16.0 Å². The molecule has 1 atom stereocenters. The van der Waals surface area contributed by atoms with E-state index in [1.54, 1.807) is 6.08 Å². The molecule has 1 amide bonds. The van der Waals surface area contributed by atoms with E-state index in [9.17, 15) is 4.79 Å². The van der Waals surface area contributed by atoms with Crippen molar-refractivity contribution < 1.29 is 9.53 Å². The number of hydrogen-bond donors (Lipinski definition) is 3. The minimum atomic E-state index is -0.525. The minimum absolute atomic E-state index is 0. The van der Waals surface area contributed by atoms with Crippen LogP contribution >= 0.6 is 24.0 Å². The van der Waals surface area contributed by atoms with Crippen molar-refractivity contribution in [1.82, 2.24) is 30.7 Å². The highest BCUT2D eigenvalue weighted by Crippen LogP contribution is 2.07. The summed E-state index contributed by atoms with van der Waals surface area (Å²) in [4.78, 5) is 16.6. The van der Waals surface area contributed by atoms with Crippen LogP contribution in [0.3, 0.4) is 0 Å². The highest BCUT2D eigenvalue weighted by molar-refractivity contribution is 14.0. The molecule has 0 aliphatic carbocycles. The molecule has 0 aliphatic heterocycles. The van der Waals surface area contributed by atoms with E-state index in [1.807, 2.05) is 39.3 Å². The topological polar surface area (TPSA) is 105 Å². The normalized spacial score (nSPS) is 12.5. The van der Waals surface area contributed by atoms with Crippen molar-refractivity contribution in [1.29, 1.82) is 0 Å². The van der Waals surface area contributed by atoms with Crippen molar-refractivity contribution in [3.8, 4) is 0 Å². The number of aryl methyl sites for hydroxylation is 1. The summed E-state index contributed by atoms with van der Waals surface area (Å²) in [6, 6.07) is 0.0137. The Morgan fingerprint density at radius 1 is 1.33 bits per heavy atom. The Balaban J connectivity index is 0.00000841.